The van der Waals surface area contributed by atoms with E-state index in [1.807, 2.05) is 6.92 Å². The molecule has 0 bridgehead atoms. The summed E-state index contributed by atoms with van der Waals surface area (Å²) in [6.45, 7) is 3.57. The molecule has 1 aromatic heterocycles. The monoisotopic (exact) mass is 251 g/mol. The number of aromatic nitrogens is 1. The number of pyridine rings is 1. The number of nitrogens with two attached hydrogens (primary N) is 1. The average Bonchev–Trinajstić information content (AvgIpc) is 2.29. The molecule has 0 saturated carbocycles. The van der Waals surface area contributed by atoms with Crippen LogP contribution in [-0.2, 0) is 4.79 Å². The number of hydrogen-bond donors (Lipinski definition) is 3. The van der Waals surface area contributed by atoms with Crippen molar-refractivity contribution in [1.29, 1.82) is 0 Å². The summed E-state index contributed by atoms with van der Waals surface area (Å²) < 4.78 is 0. The Hall–Kier alpha value is -1.95. The van der Waals surface area contributed by atoms with Crippen molar-refractivity contribution >= 4 is 17.6 Å². The van der Waals surface area contributed by atoms with Gasteiger partial charge in [-0.2, -0.15) is 0 Å². The fraction of sp³-hybridized carbons (Fsp3) is 0.417. The van der Waals surface area contributed by atoms with E-state index in [1.54, 1.807) is 6.92 Å². The largest absolute Gasteiger partial charge is 0.478 e. The molecule has 1 rings (SSSR count). The molecule has 0 spiro atoms. The zero-order chi connectivity index (χ0) is 13.8. The predicted octanol–water partition coefficient (Wildman–Crippen LogP) is 1.24. The highest BCUT2D eigenvalue weighted by molar-refractivity contribution is 5.98. The van der Waals surface area contributed by atoms with Gasteiger partial charge in [0.25, 0.3) is 0 Å². The lowest BCUT2D eigenvalue weighted by Crippen LogP contribution is -2.48. The third kappa shape index (κ3) is 3.53. The first-order valence-corrected chi connectivity index (χ1v) is 5.65. The standard InChI is InChI=1S/C12H17N3O3/c1-3-4-12(2,13)11(18)15-9-5-8(10(16)17)6-14-7-9/h5-7H,3-4,13H2,1-2H3,(H,15,18)(H,16,17). The Bertz CT molecular complexity index is 458. The van der Waals surface area contributed by atoms with Crippen LogP contribution in [0.3, 0.4) is 0 Å². The molecule has 1 heterocycles. The summed E-state index contributed by atoms with van der Waals surface area (Å²) in [5.41, 5.74) is 5.23. The van der Waals surface area contributed by atoms with Crippen molar-refractivity contribution in [2.45, 2.75) is 32.2 Å². The number of nitrogens with one attached hydrogen (secondary N) is 1. The highest BCUT2D eigenvalue weighted by Gasteiger charge is 2.27. The second kappa shape index (κ2) is 5.59. The molecule has 6 heteroatoms. The van der Waals surface area contributed by atoms with Gasteiger partial charge in [-0.3, -0.25) is 9.78 Å². The molecule has 1 aromatic rings. The minimum absolute atomic E-state index is 0.0158. The summed E-state index contributed by atoms with van der Waals surface area (Å²) in [4.78, 5) is 26.4. The Morgan fingerprint density at radius 1 is 1.50 bits per heavy atom. The van der Waals surface area contributed by atoms with Gasteiger partial charge < -0.3 is 16.2 Å². The molecule has 6 nitrogen and oxygen atoms in total. The predicted molar refractivity (Wildman–Crippen MR) is 67.3 cm³/mol. The third-order valence-corrected chi connectivity index (χ3v) is 2.53. The number of carboxylic acids is 1. The van der Waals surface area contributed by atoms with E-state index < -0.39 is 11.5 Å². The molecule has 0 aliphatic heterocycles. The number of amides is 1. The van der Waals surface area contributed by atoms with E-state index in [9.17, 15) is 9.59 Å². The molecule has 4 N–H and O–H groups in total. The molecule has 0 aliphatic rings. The van der Waals surface area contributed by atoms with Gasteiger partial charge in [-0.1, -0.05) is 13.3 Å². The van der Waals surface area contributed by atoms with Crippen molar-refractivity contribution in [3.05, 3.63) is 24.0 Å². The molecular formula is C12H17N3O3. The third-order valence-electron chi connectivity index (χ3n) is 2.53. The molecule has 1 amide bonds. The number of nitrogens with zero attached hydrogens (tertiary/aromatic N) is 1. The van der Waals surface area contributed by atoms with E-state index in [4.69, 9.17) is 10.8 Å². The zero-order valence-electron chi connectivity index (χ0n) is 10.4. The van der Waals surface area contributed by atoms with Crippen molar-refractivity contribution in [2.75, 3.05) is 5.32 Å². The summed E-state index contributed by atoms with van der Waals surface area (Å²) in [7, 11) is 0. The maximum Gasteiger partial charge on any atom is 0.337 e. The van der Waals surface area contributed by atoms with Crippen LogP contribution < -0.4 is 11.1 Å². The SMILES string of the molecule is CCCC(C)(N)C(=O)Nc1cncc(C(=O)O)c1. The van der Waals surface area contributed by atoms with Crippen LogP contribution in [0.4, 0.5) is 5.69 Å². The van der Waals surface area contributed by atoms with Gasteiger partial charge in [-0.05, 0) is 19.4 Å². The maximum absolute atomic E-state index is 11.9. The van der Waals surface area contributed by atoms with Crippen molar-refractivity contribution in [3.8, 4) is 0 Å². The smallest absolute Gasteiger partial charge is 0.337 e. The maximum atomic E-state index is 11.9. The number of carbonyl (C=O) groups is 2. The second-order valence-corrected chi connectivity index (χ2v) is 4.39. The Balaban J connectivity index is 2.82. The van der Waals surface area contributed by atoms with Gasteiger partial charge in [0.15, 0.2) is 0 Å². The lowest BCUT2D eigenvalue weighted by molar-refractivity contribution is -0.120. The Labute approximate surface area is 105 Å². The fourth-order valence-corrected chi connectivity index (χ4v) is 1.53. The van der Waals surface area contributed by atoms with E-state index in [0.29, 0.717) is 12.1 Å². The van der Waals surface area contributed by atoms with Crippen LogP contribution in [0, 0.1) is 0 Å². The zero-order valence-corrected chi connectivity index (χ0v) is 10.4. The molecular weight excluding hydrogens is 234 g/mol. The summed E-state index contributed by atoms with van der Waals surface area (Å²) in [5, 5.41) is 11.4. The van der Waals surface area contributed by atoms with Gasteiger partial charge in [-0.25, -0.2) is 4.79 Å². The molecule has 98 valence electrons. The Morgan fingerprint density at radius 3 is 2.72 bits per heavy atom. The van der Waals surface area contributed by atoms with Crippen LogP contribution in [0.2, 0.25) is 0 Å². The number of rotatable bonds is 5. The van der Waals surface area contributed by atoms with E-state index >= 15 is 0 Å². The lowest BCUT2D eigenvalue weighted by atomic mass is 9.96. The first-order valence-electron chi connectivity index (χ1n) is 5.65. The van der Waals surface area contributed by atoms with Gasteiger partial charge in [0.05, 0.1) is 23.0 Å². The van der Waals surface area contributed by atoms with Crippen molar-refractivity contribution in [2.24, 2.45) is 5.73 Å². The molecule has 0 aromatic carbocycles. The van der Waals surface area contributed by atoms with E-state index in [0.717, 1.165) is 6.42 Å². The van der Waals surface area contributed by atoms with E-state index in [2.05, 4.69) is 10.3 Å². The number of anilines is 1. The van der Waals surface area contributed by atoms with Gasteiger partial charge >= 0.3 is 5.97 Å². The minimum Gasteiger partial charge on any atom is -0.478 e. The van der Waals surface area contributed by atoms with E-state index in [-0.39, 0.29) is 11.5 Å². The fourth-order valence-electron chi connectivity index (χ4n) is 1.53. The molecule has 0 radical (unpaired) electrons. The Kier molecular flexibility index (Phi) is 4.38. The number of aromatic carboxylic acids is 1. The second-order valence-electron chi connectivity index (χ2n) is 4.39. The summed E-state index contributed by atoms with van der Waals surface area (Å²) in [6.07, 6.45) is 3.93. The molecule has 0 aliphatic carbocycles. The van der Waals surface area contributed by atoms with E-state index in [1.165, 1.54) is 18.5 Å². The van der Waals surface area contributed by atoms with Crippen molar-refractivity contribution < 1.29 is 14.7 Å². The van der Waals surface area contributed by atoms with Gasteiger partial charge in [0.2, 0.25) is 5.91 Å². The van der Waals surface area contributed by atoms with Gasteiger partial charge in [0.1, 0.15) is 0 Å². The lowest BCUT2D eigenvalue weighted by Gasteiger charge is -2.22. The number of carbonyl (C=O) groups excluding carboxylic acids is 1. The first-order chi connectivity index (χ1) is 8.36. The summed E-state index contributed by atoms with van der Waals surface area (Å²) >= 11 is 0. The summed E-state index contributed by atoms with van der Waals surface area (Å²) in [5.74, 6) is -1.45. The number of hydrogen-bond acceptors (Lipinski definition) is 4. The molecule has 18 heavy (non-hydrogen) atoms. The minimum atomic E-state index is -1.09. The number of carboxylic acid groups (broad SMARTS) is 1. The van der Waals surface area contributed by atoms with Crippen LogP contribution in [0.1, 0.15) is 37.0 Å². The molecule has 1 atom stereocenters. The normalized spacial score (nSPS) is 13.7. The van der Waals surface area contributed by atoms with Crippen LogP contribution >= 0.6 is 0 Å². The quantitative estimate of drug-likeness (QED) is 0.730. The highest BCUT2D eigenvalue weighted by Crippen LogP contribution is 2.14. The molecule has 0 fully saturated rings. The summed E-state index contributed by atoms with van der Waals surface area (Å²) in [6, 6.07) is 1.34. The van der Waals surface area contributed by atoms with Crippen LogP contribution in [0.15, 0.2) is 18.5 Å². The van der Waals surface area contributed by atoms with Crippen molar-refractivity contribution in [3.63, 3.8) is 0 Å². The van der Waals surface area contributed by atoms with Crippen LogP contribution in [-0.4, -0.2) is 27.5 Å². The highest BCUT2D eigenvalue weighted by atomic mass is 16.4. The Morgan fingerprint density at radius 2 is 2.17 bits per heavy atom. The van der Waals surface area contributed by atoms with Crippen LogP contribution in [0.5, 0.6) is 0 Å². The molecule has 0 saturated heterocycles. The van der Waals surface area contributed by atoms with Crippen LogP contribution in [0.25, 0.3) is 0 Å². The van der Waals surface area contributed by atoms with Gasteiger partial charge in [-0.15, -0.1) is 0 Å². The molecule has 1 unspecified atom stereocenters. The first kappa shape index (κ1) is 14.1. The van der Waals surface area contributed by atoms with Gasteiger partial charge in [0, 0.05) is 6.20 Å². The topological polar surface area (TPSA) is 105 Å². The average molecular weight is 251 g/mol. The van der Waals surface area contributed by atoms with Crippen molar-refractivity contribution in [1.82, 2.24) is 4.98 Å².